The van der Waals surface area contributed by atoms with E-state index in [-0.39, 0.29) is 0 Å². The number of ether oxygens (including phenoxy) is 1. The summed E-state index contributed by atoms with van der Waals surface area (Å²) >= 11 is 1.79. The molecule has 5 heteroatoms. The van der Waals surface area contributed by atoms with Crippen molar-refractivity contribution in [3.63, 3.8) is 0 Å². The molecule has 0 amide bonds. The maximum absolute atomic E-state index is 5.42. The van der Waals surface area contributed by atoms with Crippen molar-refractivity contribution in [1.29, 1.82) is 0 Å². The Hall–Kier alpha value is -1.85. The molecule has 0 bridgehead atoms. The summed E-state index contributed by atoms with van der Waals surface area (Å²) in [6, 6.07) is 12.7. The van der Waals surface area contributed by atoms with Gasteiger partial charge in [-0.25, -0.2) is 4.99 Å². The first-order chi connectivity index (χ1) is 11.8. The molecule has 0 fully saturated rings. The highest BCUT2D eigenvalue weighted by Crippen LogP contribution is 2.08. The van der Waals surface area contributed by atoms with Crippen molar-refractivity contribution in [3.8, 4) is 0 Å². The number of benzene rings is 1. The Kier molecular flexibility index (Phi) is 8.35. The zero-order chi connectivity index (χ0) is 17.0. The van der Waals surface area contributed by atoms with Crippen LogP contribution in [0.2, 0.25) is 0 Å². The molecule has 1 aromatic heterocycles. The lowest BCUT2D eigenvalue weighted by Gasteiger charge is -2.11. The van der Waals surface area contributed by atoms with Crippen LogP contribution in [-0.4, -0.2) is 25.7 Å². The van der Waals surface area contributed by atoms with Crippen LogP contribution in [0.5, 0.6) is 0 Å². The predicted molar refractivity (Wildman–Crippen MR) is 103 cm³/mol. The monoisotopic (exact) mass is 345 g/mol. The predicted octanol–water partition coefficient (Wildman–Crippen LogP) is 3.58. The van der Waals surface area contributed by atoms with Gasteiger partial charge in [-0.3, -0.25) is 0 Å². The molecule has 2 rings (SSSR count). The average molecular weight is 346 g/mol. The lowest BCUT2D eigenvalue weighted by Crippen LogP contribution is -2.38. The Balaban J connectivity index is 1.82. The zero-order valence-corrected chi connectivity index (χ0v) is 15.4. The van der Waals surface area contributed by atoms with Crippen LogP contribution in [0.1, 0.15) is 29.9 Å². The fourth-order valence-corrected chi connectivity index (χ4v) is 2.94. The largest absolute Gasteiger partial charge is 0.377 e. The Morgan fingerprint density at radius 2 is 1.88 bits per heavy atom. The zero-order valence-electron chi connectivity index (χ0n) is 14.5. The molecular formula is C19H27N3OS. The maximum Gasteiger partial charge on any atom is 0.191 e. The third kappa shape index (κ3) is 6.72. The fraction of sp³-hybridized carbons (Fsp3) is 0.421. The summed E-state index contributed by atoms with van der Waals surface area (Å²) in [6.45, 7) is 7.93. The lowest BCUT2D eigenvalue weighted by atomic mass is 10.1. The minimum atomic E-state index is 0.670. The van der Waals surface area contributed by atoms with Crippen molar-refractivity contribution < 1.29 is 4.74 Å². The van der Waals surface area contributed by atoms with Crippen LogP contribution < -0.4 is 10.6 Å². The van der Waals surface area contributed by atoms with Crippen LogP contribution in [0, 0.1) is 0 Å². The average Bonchev–Trinajstić information content (AvgIpc) is 3.12. The second-order valence-corrected chi connectivity index (χ2v) is 6.44. The van der Waals surface area contributed by atoms with Gasteiger partial charge in [-0.05, 0) is 42.8 Å². The van der Waals surface area contributed by atoms with Crippen molar-refractivity contribution >= 4 is 17.3 Å². The second kappa shape index (κ2) is 10.8. The summed E-state index contributed by atoms with van der Waals surface area (Å²) in [7, 11) is 0. The summed E-state index contributed by atoms with van der Waals surface area (Å²) in [4.78, 5) is 6.05. The number of nitrogens with zero attached hydrogens (tertiary/aromatic N) is 1. The summed E-state index contributed by atoms with van der Waals surface area (Å²) in [6.07, 6.45) is 1.02. The molecule has 130 valence electrons. The number of nitrogens with one attached hydrogen (secondary N) is 2. The van der Waals surface area contributed by atoms with Crippen LogP contribution in [0.3, 0.4) is 0 Å². The fourth-order valence-electron chi connectivity index (χ4n) is 2.23. The number of hydrogen-bond donors (Lipinski definition) is 2. The molecule has 0 aliphatic rings. The van der Waals surface area contributed by atoms with E-state index in [4.69, 9.17) is 4.74 Å². The van der Waals surface area contributed by atoms with Gasteiger partial charge in [0.05, 0.1) is 13.2 Å². The Bertz CT molecular complexity index is 594. The van der Waals surface area contributed by atoms with Crippen LogP contribution in [-0.2, 0) is 24.3 Å². The molecule has 0 atom stereocenters. The van der Waals surface area contributed by atoms with E-state index in [0.717, 1.165) is 32.1 Å². The topological polar surface area (TPSA) is 45.7 Å². The number of aliphatic imine (C=N–C) groups is 1. The number of guanidine groups is 1. The Morgan fingerprint density at radius 1 is 1.08 bits per heavy atom. The van der Waals surface area contributed by atoms with Crippen LogP contribution in [0.25, 0.3) is 0 Å². The summed E-state index contributed by atoms with van der Waals surface area (Å²) < 4.78 is 5.42. The minimum Gasteiger partial charge on any atom is -0.377 e. The molecule has 0 saturated carbocycles. The SMILES string of the molecule is CCNC(=NCc1ccc(COCC)cc1)NCCc1cccs1. The second-order valence-electron chi connectivity index (χ2n) is 5.40. The molecule has 0 radical (unpaired) electrons. The molecular weight excluding hydrogens is 318 g/mol. The van der Waals surface area contributed by atoms with E-state index < -0.39 is 0 Å². The van der Waals surface area contributed by atoms with Gasteiger partial charge in [-0.2, -0.15) is 0 Å². The standard InChI is InChI=1S/C19H27N3OS/c1-3-20-19(21-12-11-18-6-5-13-24-18)22-14-16-7-9-17(10-8-16)15-23-4-2/h5-10,13H,3-4,11-12,14-15H2,1-2H3,(H2,20,21,22). The van der Waals surface area contributed by atoms with Crippen molar-refractivity contribution in [1.82, 2.24) is 10.6 Å². The molecule has 0 spiro atoms. The van der Waals surface area contributed by atoms with E-state index in [0.29, 0.717) is 13.2 Å². The van der Waals surface area contributed by atoms with Gasteiger partial charge in [0.2, 0.25) is 0 Å². The molecule has 2 N–H and O–H groups in total. The van der Waals surface area contributed by atoms with Gasteiger partial charge in [-0.1, -0.05) is 30.3 Å². The Labute approximate surface area is 149 Å². The van der Waals surface area contributed by atoms with Gasteiger partial charge in [0, 0.05) is 24.6 Å². The van der Waals surface area contributed by atoms with Gasteiger partial charge in [0.25, 0.3) is 0 Å². The molecule has 0 saturated heterocycles. The van der Waals surface area contributed by atoms with E-state index in [1.165, 1.54) is 16.0 Å². The van der Waals surface area contributed by atoms with E-state index in [1.807, 2.05) is 6.92 Å². The molecule has 24 heavy (non-hydrogen) atoms. The van der Waals surface area contributed by atoms with Gasteiger partial charge < -0.3 is 15.4 Å². The number of rotatable bonds is 9. The minimum absolute atomic E-state index is 0.670. The van der Waals surface area contributed by atoms with E-state index in [1.54, 1.807) is 11.3 Å². The highest BCUT2D eigenvalue weighted by molar-refractivity contribution is 7.09. The Morgan fingerprint density at radius 3 is 2.54 bits per heavy atom. The number of thiophene rings is 1. The first-order valence-corrected chi connectivity index (χ1v) is 9.40. The number of hydrogen-bond acceptors (Lipinski definition) is 3. The van der Waals surface area contributed by atoms with Gasteiger partial charge in [-0.15, -0.1) is 11.3 Å². The maximum atomic E-state index is 5.42. The first-order valence-electron chi connectivity index (χ1n) is 8.52. The molecule has 4 nitrogen and oxygen atoms in total. The molecule has 1 heterocycles. The smallest absolute Gasteiger partial charge is 0.191 e. The third-order valence-electron chi connectivity index (χ3n) is 3.50. The first kappa shape index (κ1) is 18.5. The van der Waals surface area contributed by atoms with Crippen LogP contribution in [0.15, 0.2) is 46.8 Å². The third-order valence-corrected chi connectivity index (χ3v) is 4.44. The van der Waals surface area contributed by atoms with Gasteiger partial charge >= 0.3 is 0 Å². The van der Waals surface area contributed by atoms with Crippen LogP contribution in [0.4, 0.5) is 0 Å². The lowest BCUT2D eigenvalue weighted by molar-refractivity contribution is 0.134. The molecule has 0 aliphatic heterocycles. The van der Waals surface area contributed by atoms with Crippen molar-refractivity contribution in [3.05, 3.63) is 57.8 Å². The molecule has 0 aliphatic carbocycles. The molecule has 0 unspecified atom stereocenters. The summed E-state index contributed by atoms with van der Waals surface area (Å²) in [5.41, 5.74) is 2.40. The van der Waals surface area contributed by atoms with Crippen LogP contribution >= 0.6 is 11.3 Å². The van der Waals surface area contributed by atoms with E-state index >= 15 is 0 Å². The van der Waals surface area contributed by atoms with Crippen molar-refractivity contribution in [2.45, 2.75) is 33.4 Å². The van der Waals surface area contributed by atoms with E-state index in [9.17, 15) is 0 Å². The van der Waals surface area contributed by atoms with E-state index in [2.05, 4.69) is 64.3 Å². The summed E-state index contributed by atoms with van der Waals surface area (Å²) in [5.74, 6) is 0.868. The normalized spacial score (nSPS) is 11.5. The highest BCUT2D eigenvalue weighted by atomic mass is 32.1. The molecule has 2 aromatic rings. The summed E-state index contributed by atoms with van der Waals surface area (Å²) in [5, 5.41) is 8.80. The van der Waals surface area contributed by atoms with Crippen molar-refractivity contribution in [2.75, 3.05) is 19.7 Å². The molecule has 1 aromatic carbocycles. The van der Waals surface area contributed by atoms with Crippen molar-refractivity contribution in [2.24, 2.45) is 4.99 Å². The van der Waals surface area contributed by atoms with Gasteiger partial charge in [0.15, 0.2) is 5.96 Å². The van der Waals surface area contributed by atoms with Gasteiger partial charge in [0.1, 0.15) is 0 Å². The quantitative estimate of drug-likeness (QED) is 0.539. The highest BCUT2D eigenvalue weighted by Gasteiger charge is 1.99.